The standard InChI is InChI=1S/C26H23ClN6OS/c1-35-23-8-3-2-7-22(23)32-26(34)31-21-12-11-19-14-17(21)10-9-16-5-4-6-18(13-16)30-25-28-15-20(27)24(29-19)33-25/h2-8,11-15H,9-10H2,1H3,(H2,31,32,34)(H2,28,29,30,33). The van der Waals surface area contributed by atoms with E-state index in [4.69, 9.17) is 11.6 Å². The molecule has 6 bridgehead atoms. The van der Waals surface area contributed by atoms with Gasteiger partial charge in [-0.3, -0.25) is 0 Å². The lowest BCUT2D eigenvalue weighted by Crippen LogP contribution is -2.20. The van der Waals surface area contributed by atoms with E-state index in [0.717, 1.165) is 51.6 Å². The second kappa shape index (κ2) is 10.2. The van der Waals surface area contributed by atoms with Crippen molar-refractivity contribution >= 4 is 63.9 Å². The number of hydrogen-bond acceptors (Lipinski definition) is 6. The van der Waals surface area contributed by atoms with Crippen molar-refractivity contribution in [1.29, 1.82) is 0 Å². The molecule has 1 aromatic heterocycles. The molecule has 2 heterocycles. The van der Waals surface area contributed by atoms with E-state index in [9.17, 15) is 4.79 Å². The van der Waals surface area contributed by atoms with Crippen molar-refractivity contribution in [3.8, 4) is 0 Å². The van der Waals surface area contributed by atoms with Crippen LogP contribution >= 0.6 is 23.4 Å². The van der Waals surface area contributed by atoms with Gasteiger partial charge in [0.1, 0.15) is 5.02 Å². The third-order valence-electron chi connectivity index (χ3n) is 5.58. The Morgan fingerprint density at radius 3 is 2.66 bits per heavy atom. The highest BCUT2D eigenvalue weighted by Crippen LogP contribution is 2.30. The van der Waals surface area contributed by atoms with Crippen LogP contribution in [-0.4, -0.2) is 22.3 Å². The van der Waals surface area contributed by atoms with Crippen LogP contribution in [0.25, 0.3) is 0 Å². The fourth-order valence-electron chi connectivity index (χ4n) is 3.89. The normalized spacial score (nSPS) is 12.2. The second-order valence-corrected chi connectivity index (χ2v) is 9.25. The minimum Gasteiger partial charge on any atom is -0.339 e. The highest BCUT2D eigenvalue weighted by atomic mass is 35.5. The molecule has 1 aliphatic rings. The van der Waals surface area contributed by atoms with Gasteiger partial charge in [0.05, 0.1) is 11.9 Å². The van der Waals surface area contributed by atoms with Crippen LogP contribution in [0, 0.1) is 0 Å². The van der Waals surface area contributed by atoms with Crippen LogP contribution in [0.4, 0.5) is 39.3 Å². The van der Waals surface area contributed by atoms with Gasteiger partial charge in [-0.25, -0.2) is 9.78 Å². The van der Waals surface area contributed by atoms with Crippen LogP contribution in [0.2, 0.25) is 5.02 Å². The van der Waals surface area contributed by atoms with Crippen molar-refractivity contribution < 1.29 is 4.79 Å². The number of rotatable bonds is 3. The first-order valence-corrected chi connectivity index (χ1v) is 12.7. The highest BCUT2D eigenvalue weighted by Gasteiger charge is 2.13. The molecule has 4 N–H and O–H groups in total. The summed E-state index contributed by atoms with van der Waals surface area (Å²) in [5, 5.41) is 12.9. The van der Waals surface area contributed by atoms with Crippen LogP contribution in [0.3, 0.4) is 0 Å². The van der Waals surface area contributed by atoms with Gasteiger partial charge >= 0.3 is 6.03 Å². The van der Waals surface area contributed by atoms with E-state index in [0.29, 0.717) is 16.8 Å². The maximum absolute atomic E-state index is 12.9. The van der Waals surface area contributed by atoms with Crippen molar-refractivity contribution in [3.63, 3.8) is 0 Å². The van der Waals surface area contributed by atoms with Crippen LogP contribution in [0.15, 0.2) is 77.8 Å². The number of para-hydroxylation sites is 1. The average molecular weight is 503 g/mol. The van der Waals surface area contributed by atoms with Gasteiger partial charge in [0.15, 0.2) is 5.82 Å². The Hall–Kier alpha value is -3.75. The summed E-state index contributed by atoms with van der Waals surface area (Å²) in [6, 6.07) is 21.4. The molecule has 1 aliphatic heterocycles. The second-order valence-electron chi connectivity index (χ2n) is 7.99. The Bertz CT molecular complexity index is 1400. The summed E-state index contributed by atoms with van der Waals surface area (Å²) in [4.78, 5) is 22.7. The molecule has 0 fully saturated rings. The number of nitrogens with one attached hydrogen (secondary N) is 4. The number of urea groups is 1. The Kier molecular flexibility index (Phi) is 6.74. The minimum atomic E-state index is -0.291. The predicted octanol–water partition coefficient (Wildman–Crippen LogP) is 7.08. The number of halogens is 1. The van der Waals surface area contributed by atoms with Crippen molar-refractivity contribution in [2.24, 2.45) is 0 Å². The molecule has 2 amide bonds. The van der Waals surface area contributed by atoms with Crippen LogP contribution in [-0.2, 0) is 12.8 Å². The third kappa shape index (κ3) is 5.50. The number of aromatic nitrogens is 2. The van der Waals surface area contributed by atoms with Gasteiger partial charge in [-0.05, 0) is 72.7 Å². The fourth-order valence-corrected chi connectivity index (χ4v) is 4.58. The minimum absolute atomic E-state index is 0.291. The molecule has 0 atom stereocenters. The topological polar surface area (TPSA) is 91.0 Å². The molecule has 9 heteroatoms. The van der Waals surface area contributed by atoms with E-state index in [1.165, 1.54) is 0 Å². The molecule has 0 unspecified atom stereocenters. The summed E-state index contributed by atoms with van der Waals surface area (Å²) in [5.74, 6) is 0.951. The van der Waals surface area contributed by atoms with Crippen LogP contribution in [0.5, 0.6) is 0 Å². The summed E-state index contributed by atoms with van der Waals surface area (Å²) in [6.45, 7) is 0. The van der Waals surface area contributed by atoms with Crippen LogP contribution < -0.4 is 21.3 Å². The van der Waals surface area contributed by atoms with Crippen molar-refractivity contribution in [2.75, 3.05) is 27.5 Å². The molecule has 5 rings (SSSR count). The molecular weight excluding hydrogens is 480 g/mol. The van der Waals surface area contributed by atoms with E-state index < -0.39 is 0 Å². The first-order valence-electron chi connectivity index (χ1n) is 11.1. The maximum atomic E-state index is 12.9. The number of thioether (sulfide) groups is 1. The summed E-state index contributed by atoms with van der Waals surface area (Å²) in [7, 11) is 0. The lowest BCUT2D eigenvalue weighted by atomic mass is 10.0. The van der Waals surface area contributed by atoms with Gasteiger partial charge in [-0.1, -0.05) is 35.9 Å². The number of aryl methyl sites for hydroxylation is 2. The van der Waals surface area contributed by atoms with E-state index in [1.807, 2.05) is 60.9 Å². The summed E-state index contributed by atoms with van der Waals surface area (Å²) >= 11 is 7.94. The van der Waals surface area contributed by atoms with Gasteiger partial charge < -0.3 is 21.3 Å². The number of carbonyl (C=O) groups excluding carboxylic acids is 1. The molecule has 0 aliphatic carbocycles. The molecule has 4 aromatic rings. The molecular formula is C26H23ClN6OS. The van der Waals surface area contributed by atoms with Crippen LogP contribution in [0.1, 0.15) is 11.1 Å². The molecule has 0 radical (unpaired) electrons. The number of amides is 2. The Morgan fingerprint density at radius 2 is 1.77 bits per heavy atom. The van der Waals surface area contributed by atoms with Gasteiger partial charge in [-0.15, -0.1) is 11.8 Å². The van der Waals surface area contributed by atoms with E-state index in [2.05, 4.69) is 43.4 Å². The number of benzene rings is 3. The molecule has 0 saturated heterocycles. The Balaban J connectivity index is 1.46. The smallest absolute Gasteiger partial charge is 0.323 e. The fraction of sp³-hybridized carbons (Fsp3) is 0.115. The number of carbonyl (C=O) groups is 1. The van der Waals surface area contributed by atoms with Gasteiger partial charge in [0.2, 0.25) is 5.95 Å². The maximum Gasteiger partial charge on any atom is 0.323 e. The molecule has 7 nitrogen and oxygen atoms in total. The summed E-state index contributed by atoms with van der Waals surface area (Å²) in [5.41, 5.74) is 5.38. The zero-order valence-electron chi connectivity index (χ0n) is 18.9. The predicted molar refractivity (Wildman–Crippen MR) is 145 cm³/mol. The number of fused-ring (bicyclic) bond motifs is 6. The SMILES string of the molecule is CSc1ccccc1NC(=O)Nc1ccc2cc1CCc1cccc(c1)Nc1ncc(Cl)c(n1)N2. The summed E-state index contributed by atoms with van der Waals surface area (Å²) < 4.78 is 0. The lowest BCUT2D eigenvalue weighted by Gasteiger charge is -2.16. The Morgan fingerprint density at radius 1 is 0.943 bits per heavy atom. The first-order chi connectivity index (χ1) is 17.1. The number of anilines is 6. The molecule has 35 heavy (non-hydrogen) atoms. The van der Waals surface area contributed by atoms with E-state index in [-0.39, 0.29) is 6.03 Å². The van der Waals surface area contributed by atoms with Gasteiger partial charge in [0.25, 0.3) is 0 Å². The monoisotopic (exact) mass is 502 g/mol. The largest absolute Gasteiger partial charge is 0.339 e. The van der Waals surface area contributed by atoms with Gasteiger partial charge in [-0.2, -0.15) is 4.98 Å². The quantitative estimate of drug-likeness (QED) is 0.224. The van der Waals surface area contributed by atoms with Crippen molar-refractivity contribution in [2.45, 2.75) is 17.7 Å². The van der Waals surface area contributed by atoms with E-state index in [1.54, 1.807) is 18.0 Å². The number of nitrogens with zero attached hydrogens (tertiary/aromatic N) is 2. The molecule has 3 aromatic carbocycles. The van der Waals surface area contributed by atoms with Gasteiger partial charge in [0, 0.05) is 22.0 Å². The number of hydrogen-bond donors (Lipinski definition) is 4. The van der Waals surface area contributed by atoms with E-state index >= 15 is 0 Å². The van der Waals surface area contributed by atoms with Crippen molar-refractivity contribution in [1.82, 2.24) is 9.97 Å². The Labute approximate surface area is 212 Å². The zero-order chi connectivity index (χ0) is 24.2. The zero-order valence-corrected chi connectivity index (χ0v) is 20.5. The third-order valence-corrected chi connectivity index (χ3v) is 6.65. The first kappa shape index (κ1) is 23.0. The molecule has 176 valence electrons. The highest BCUT2D eigenvalue weighted by molar-refractivity contribution is 7.98. The molecule has 0 spiro atoms. The lowest BCUT2D eigenvalue weighted by molar-refractivity contribution is 0.262. The summed E-state index contributed by atoms with van der Waals surface area (Å²) in [6.07, 6.45) is 5.07. The molecule has 0 saturated carbocycles. The van der Waals surface area contributed by atoms with Crippen molar-refractivity contribution in [3.05, 3.63) is 89.1 Å². The average Bonchev–Trinajstić information content (AvgIpc) is 2.86.